The van der Waals surface area contributed by atoms with Crippen molar-refractivity contribution in [3.63, 3.8) is 0 Å². The Morgan fingerprint density at radius 1 is 1.19 bits per heavy atom. The van der Waals surface area contributed by atoms with Crippen LogP contribution in [0.2, 0.25) is 0 Å². The minimum atomic E-state index is -3.43. The summed E-state index contributed by atoms with van der Waals surface area (Å²) in [5.41, 5.74) is 3.59. The molecule has 0 N–H and O–H groups in total. The highest BCUT2D eigenvalue weighted by molar-refractivity contribution is 7.89. The van der Waals surface area contributed by atoms with Crippen LogP contribution in [0, 0.1) is 0 Å². The summed E-state index contributed by atoms with van der Waals surface area (Å²) in [6.45, 7) is 1.46. The summed E-state index contributed by atoms with van der Waals surface area (Å²) in [5.74, 6) is -0.354. The van der Waals surface area contributed by atoms with Gasteiger partial charge in [0, 0.05) is 32.9 Å². The third kappa shape index (κ3) is 3.45. The highest BCUT2D eigenvalue weighted by atomic mass is 32.2. The van der Waals surface area contributed by atoms with Gasteiger partial charge in [0.2, 0.25) is 10.0 Å². The van der Waals surface area contributed by atoms with E-state index in [9.17, 15) is 13.2 Å². The van der Waals surface area contributed by atoms with Gasteiger partial charge in [0.25, 0.3) is 0 Å². The van der Waals surface area contributed by atoms with Gasteiger partial charge >= 0.3 is 5.97 Å². The van der Waals surface area contributed by atoms with Crippen LogP contribution >= 0.6 is 0 Å². The molecule has 0 bridgehead atoms. The van der Waals surface area contributed by atoms with Gasteiger partial charge in [-0.15, -0.1) is 0 Å². The average molecular weight is 374 g/mol. The number of rotatable bonds is 5. The van der Waals surface area contributed by atoms with Crippen molar-refractivity contribution in [3.8, 4) is 0 Å². The van der Waals surface area contributed by atoms with Crippen LogP contribution in [0.4, 0.5) is 5.69 Å². The molecular formula is C19H22N2O4S. The van der Waals surface area contributed by atoms with Gasteiger partial charge in [-0.05, 0) is 47.9 Å². The lowest BCUT2D eigenvalue weighted by atomic mass is 10.1. The molecule has 138 valence electrons. The van der Waals surface area contributed by atoms with E-state index in [1.807, 2.05) is 24.3 Å². The molecule has 0 saturated carbocycles. The van der Waals surface area contributed by atoms with Crippen LogP contribution in [0.1, 0.15) is 21.5 Å². The number of carbonyl (C=O) groups excluding carboxylic acids is 1. The van der Waals surface area contributed by atoms with Gasteiger partial charge in [0.15, 0.2) is 0 Å². The van der Waals surface area contributed by atoms with Crippen molar-refractivity contribution in [1.82, 2.24) is 4.31 Å². The lowest BCUT2D eigenvalue weighted by molar-refractivity contribution is 0.0600. The smallest absolute Gasteiger partial charge is 0.337 e. The zero-order valence-electron chi connectivity index (χ0n) is 15.1. The summed E-state index contributed by atoms with van der Waals surface area (Å²) < 4.78 is 30.6. The van der Waals surface area contributed by atoms with E-state index in [1.54, 1.807) is 18.2 Å². The highest BCUT2D eigenvalue weighted by Crippen LogP contribution is 2.32. The number of nitrogens with zero attached hydrogens (tertiary/aromatic N) is 2. The van der Waals surface area contributed by atoms with E-state index in [-0.39, 0.29) is 5.97 Å². The molecule has 0 fully saturated rings. The summed E-state index contributed by atoms with van der Waals surface area (Å²) in [6, 6.07) is 12.6. The Kier molecular flexibility index (Phi) is 5.02. The maximum atomic E-state index is 12.3. The number of fused-ring (bicyclic) bond motifs is 1. The Bertz CT molecular complexity index is 938. The first kappa shape index (κ1) is 18.4. The van der Waals surface area contributed by atoms with Crippen LogP contribution in [0.25, 0.3) is 0 Å². The first-order valence-corrected chi connectivity index (χ1v) is 9.74. The SMILES string of the molecule is COC(=O)c1cccc(CN2CCc3cc(S(=O)(=O)N(C)C)ccc32)c1. The minimum absolute atomic E-state index is 0.316. The van der Waals surface area contributed by atoms with Gasteiger partial charge in [-0.2, -0.15) is 0 Å². The monoisotopic (exact) mass is 374 g/mol. The number of carbonyl (C=O) groups is 1. The van der Waals surface area contributed by atoms with Crippen molar-refractivity contribution in [2.24, 2.45) is 0 Å². The van der Waals surface area contributed by atoms with Crippen LogP contribution in [0.5, 0.6) is 0 Å². The second kappa shape index (κ2) is 7.09. The molecule has 7 heteroatoms. The first-order chi connectivity index (χ1) is 12.3. The molecule has 0 amide bonds. The Morgan fingerprint density at radius 3 is 2.65 bits per heavy atom. The van der Waals surface area contributed by atoms with Crippen molar-refractivity contribution >= 4 is 21.7 Å². The molecule has 0 unspecified atom stereocenters. The number of esters is 1. The van der Waals surface area contributed by atoms with Crippen LogP contribution in [-0.2, 0) is 27.7 Å². The molecular weight excluding hydrogens is 352 g/mol. The number of anilines is 1. The van der Waals surface area contributed by atoms with Crippen molar-refractivity contribution in [1.29, 1.82) is 0 Å². The number of methoxy groups -OCH3 is 1. The molecule has 0 atom stereocenters. The van der Waals surface area contributed by atoms with Gasteiger partial charge in [0.05, 0.1) is 17.6 Å². The second-order valence-electron chi connectivity index (χ2n) is 6.44. The molecule has 0 aliphatic carbocycles. The lowest BCUT2D eigenvalue weighted by Crippen LogP contribution is -2.22. The number of hydrogen-bond acceptors (Lipinski definition) is 5. The molecule has 3 rings (SSSR count). The van der Waals surface area contributed by atoms with Crippen molar-refractivity contribution in [3.05, 3.63) is 59.2 Å². The molecule has 26 heavy (non-hydrogen) atoms. The predicted molar refractivity (Wildman–Crippen MR) is 99.9 cm³/mol. The van der Waals surface area contributed by atoms with E-state index in [1.165, 1.54) is 25.5 Å². The van der Waals surface area contributed by atoms with Crippen LogP contribution in [-0.4, -0.2) is 46.4 Å². The second-order valence-corrected chi connectivity index (χ2v) is 8.59. The highest BCUT2D eigenvalue weighted by Gasteiger charge is 2.24. The zero-order chi connectivity index (χ0) is 18.9. The molecule has 1 heterocycles. The van der Waals surface area contributed by atoms with Crippen molar-refractivity contribution in [2.75, 3.05) is 32.6 Å². The van der Waals surface area contributed by atoms with E-state index >= 15 is 0 Å². The van der Waals surface area contributed by atoms with E-state index in [0.29, 0.717) is 17.0 Å². The predicted octanol–water partition coefficient (Wildman–Crippen LogP) is 2.29. The molecule has 0 aromatic heterocycles. The zero-order valence-corrected chi connectivity index (χ0v) is 15.9. The number of ether oxygens (including phenoxy) is 1. The van der Waals surface area contributed by atoms with E-state index in [2.05, 4.69) is 4.90 Å². The maximum Gasteiger partial charge on any atom is 0.337 e. The largest absolute Gasteiger partial charge is 0.465 e. The number of sulfonamides is 1. The quantitative estimate of drug-likeness (QED) is 0.751. The van der Waals surface area contributed by atoms with Crippen LogP contribution < -0.4 is 4.90 Å². The fourth-order valence-electron chi connectivity index (χ4n) is 3.12. The van der Waals surface area contributed by atoms with E-state index in [0.717, 1.165) is 29.8 Å². The molecule has 0 spiro atoms. The third-order valence-corrected chi connectivity index (χ3v) is 6.35. The van der Waals surface area contributed by atoms with Gasteiger partial charge in [0.1, 0.15) is 0 Å². The maximum absolute atomic E-state index is 12.3. The molecule has 6 nitrogen and oxygen atoms in total. The third-order valence-electron chi connectivity index (χ3n) is 4.54. The number of hydrogen-bond donors (Lipinski definition) is 0. The van der Waals surface area contributed by atoms with Gasteiger partial charge in [-0.3, -0.25) is 0 Å². The number of benzene rings is 2. The Morgan fingerprint density at radius 2 is 1.96 bits per heavy atom. The first-order valence-electron chi connectivity index (χ1n) is 8.30. The Hall–Kier alpha value is -2.38. The summed E-state index contributed by atoms with van der Waals surface area (Å²) in [6.07, 6.45) is 0.794. The molecule has 2 aromatic rings. The van der Waals surface area contributed by atoms with Crippen LogP contribution in [0.15, 0.2) is 47.4 Å². The molecule has 0 saturated heterocycles. The van der Waals surface area contributed by atoms with Gasteiger partial charge < -0.3 is 9.64 Å². The molecule has 1 aliphatic rings. The summed E-state index contributed by atoms with van der Waals surface area (Å²) in [7, 11) is 0.999. The fourth-order valence-corrected chi connectivity index (χ4v) is 4.07. The van der Waals surface area contributed by atoms with Crippen molar-refractivity contribution < 1.29 is 17.9 Å². The van der Waals surface area contributed by atoms with Gasteiger partial charge in [-0.25, -0.2) is 17.5 Å². The van der Waals surface area contributed by atoms with Crippen LogP contribution in [0.3, 0.4) is 0 Å². The lowest BCUT2D eigenvalue weighted by Gasteiger charge is -2.20. The minimum Gasteiger partial charge on any atom is -0.465 e. The Balaban J connectivity index is 1.84. The van der Waals surface area contributed by atoms with E-state index < -0.39 is 10.0 Å². The fraction of sp³-hybridized carbons (Fsp3) is 0.316. The normalized spacial score (nSPS) is 13.8. The molecule has 0 radical (unpaired) electrons. The standard InChI is InChI=1S/C19H22N2O4S/c1-20(2)26(23,24)17-7-8-18-15(12-17)9-10-21(18)13-14-5-4-6-16(11-14)19(22)25-3/h4-8,11-12H,9-10,13H2,1-3H3. The van der Waals surface area contributed by atoms with E-state index in [4.69, 9.17) is 4.74 Å². The molecule has 2 aromatic carbocycles. The molecule has 1 aliphatic heterocycles. The van der Waals surface area contributed by atoms with Gasteiger partial charge in [-0.1, -0.05) is 12.1 Å². The summed E-state index contributed by atoms with van der Waals surface area (Å²) in [5, 5.41) is 0. The summed E-state index contributed by atoms with van der Waals surface area (Å²) in [4.78, 5) is 14.2. The summed E-state index contributed by atoms with van der Waals surface area (Å²) >= 11 is 0. The topological polar surface area (TPSA) is 66.9 Å². The van der Waals surface area contributed by atoms with Crippen molar-refractivity contribution in [2.45, 2.75) is 17.9 Å². The Labute approximate surface area is 154 Å². The average Bonchev–Trinajstić information content (AvgIpc) is 3.03.